The number of aromatic amines is 1. The molecule has 2 aromatic rings. The van der Waals surface area contributed by atoms with Gasteiger partial charge in [-0.15, -0.1) is 0 Å². The lowest BCUT2D eigenvalue weighted by atomic mass is 10.1. The molecule has 0 aliphatic heterocycles. The van der Waals surface area contributed by atoms with Crippen LogP contribution < -0.4 is 10.9 Å². The molecule has 0 aliphatic carbocycles. The molecule has 102 valence electrons. The number of benzene rings is 1. The van der Waals surface area contributed by atoms with Gasteiger partial charge in [0.2, 0.25) is 0 Å². The zero-order chi connectivity index (χ0) is 14.7. The smallest absolute Gasteiger partial charge is 0.341 e. The first-order valence-corrected chi connectivity index (χ1v) is 5.68. The minimum atomic E-state index is -1.34. The molecule has 0 saturated heterocycles. The third-order valence-corrected chi connectivity index (χ3v) is 2.68. The Hall–Kier alpha value is -2.96. The summed E-state index contributed by atoms with van der Waals surface area (Å²) in [6, 6.07) is 7.66. The molecule has 0 spiro atoms. The lowest BCUT2D eigenvalue weighted by Gasteiger charge is -2.04. The molecule has 0 saturated carbocycles. The molecule has 2 rings (SSSR count). The van der Waals surface area contributed by atoms with E-state index in [4.69, 9.17) is 5.11 Å². The maximum Gasteiger partial charge on any atom is 0.341 e. The van der Waals surface area contributed by atoms with Crippen molar-refractivity contribution in [2.24, 2.45) is 0 Å². The number of hydrogen-bond acceptors (Lipinski definition) is 4. The van der Waals surface area contributed by atoms with Crippen molar-refractivity contribution >= 4 is 11.9 Å². The number of carbonyl (C=O) groups excluding carboxylic acids is 1. The predicted octanol–water partition coefficient (Wildman–Crippen LogP) is 0.495. The Balaban J connectivity index is 2.52. The van der Waals surface area contributed by atoms with Gasteiger partial charge in [-0.1, -0.05) is 12.1 Å². The predicted molar refractivity (Wildman–Crippen MR) is 70.6 cm³/mol. The van der Waals surface area contributed by atoms with Gasteiger partial charge < -0.3 is 10.4 Å². The molecule has 20 heavy (non-hydrogen) atoms. The summed E-state index contributed by atoms with van der Waals surface area (Å²) in [5, 5.41) is 17.3. The van der Waals surface area contributed by atoms with Gasteiger partial charge in [-0.3, -0.25) is 9.59 Å². The van der Waals surface area contributed by atoms with E-state index >= 15 is 0 Å². The lowest BCUT2D eigenvalue weighted by molar-refractivity contribution is 0.0694. The summed E-state index contributed by atoms with van der Waals surface area (Å²) >= 11 is 0. The largest absolute Gasteiger partial charge is 0.477 e. The van der Waals surface area contributed by atoms with E-state index in [1.54, 1.807) is 24.3 Å². The van der Waals surface area contributed by atoms with E-state index in [0.29, 0.717) is 11.1 Å². The van der Waals surface area contributed by atoms with E-state index < -0.39 is 17.1 Å². The topological polar surface area (TPSA) is 112 Å². The Morgan fingerprint density at radius 3 is 2.70 bits per heavy atom. The first kappa shape index (κ1) is 13.5. The number of H-pyrrole nitrogens is 1. The van der Waals surface area contributed by atoms with Crippen molar-refractivity contribution in [2.45, 2.75) is 0 Å². The molecule has 1 amide bonds. The van der Waals surface area contributed by atoms with Crippen molar-refractivity contribution in [1.29, 1.82) is 0 Å². The molecule has 0 bridgehead atoms. The number of carboxylic acid groups (broad SMARTS) is 1. The first-order valence-electron chi connectivity index (χ1n) is 5.68. The van der Waals surface area contributed by atoms with Crippen LogP contribution in [0, 0.1) is 0 Å². The van der Waals surface area contributed by atoms with Crippen molar-refractivity contribution in [3.05, 3.63) is 51.8 Å². The lowest BCUT2D eigenvalue weighted by Crippen LogP contribution is -2.19. The van der Waals surface area contributed by atoms with E-state index in [0.717, 1.165) is 0 Å². The molecule has 3 N–H and O–H groups in total. The van der Waals surface area contributed by atoms with Crippen LogP contribution in [0.3, 0.4) is 0 Å². The maximum absolute atomic E-state index is 11.5. The first-order chi connectivity index (χ1) is 9.52. The summed E-state index contributed by atoms with van der Waals surface area (Å²) < 4.78 is 0. The van der Waals surface area contributed by atoms with Crippen LogP contribution in [-0.4, -0.2) is 34.2 Å². The number of nitrogens with one attached hydrogen (secondary N) is 2. The van der Waals surface area contributed by atoms with E-state index in [1.807, 2.05) is 0 Å². The Labute approximate surface area is 113 Å². The van der Waals surface area contributed by atoms with Crippen molar-refractivity contribution < 1.29 is 14.7 Å². The Morgan fingerprint density at radius 1 is 1.30 bits per heavy atom. The van der Waals surface area contributed by atoms with Gasteiger partial charge >= 0.3 is 5.97 Å². The third-order valence-electron chi connectivity index (χ3n) is 2.68. The highest BCUT2D eigenvalue weighted by molar-refractivity contribution is 5.95. The minimum absolute atomic E-state index is 0.269. The second-order valence-electron chi connectivity index (χ2n) is 3.96. The number of aromatic nitrogens is 2. The fourth-order valence-electron chi connectivity index (χ4n) is 1.68. The van der Waals surface area contributed by atoms with Crippen LogP contribution in [0.25, 0.3) is 11.3 Å². The molecule has 1 aromatic heterocycles. The highest BCUT2D eigenvalue weighted by atomic mass is 16.4. The van der Waals surface area contributed by atoms with Crippen LogP contribution in [0.4, 0.5) is 0 Å². The average molecular weight is 273 g/mol. The SMILES string of the molecule is CNC(=O)c1cccc(-c2cc(C(=O)O)c(=O)[nH]n2)c1. The van der Waals surface area contributed by atoms with Crippen LogP contribution in [0.2, 0.25) is 0 Å². The quantitative estimate of drug-likeness (QED) is 0.753. The second-order valence-corrected chi connectivity index (χ2v) is 3.96. The van der Waals surface area contributed by atoms with Crippen molar-refractivity contribution in [1.82, 2.24) is 15.5 Å². The van der Waals surface area contributed by atoms with Gasteiger partial charge in [0, 0.05) is 18.2 Å². The number of rotatable bonds is 3. The zero-order valence-electron chi connectivity index (χ0n) is 10.5. The van der Waals surface area contributed by atoms with Crippen LogP contribution >= 0.6 is 0 Å². The second kappa shape index (κ2) is 5.35. The maximum atomic E-state index is 11.5. The molecular formula is C13H11N3O4. The number of amides is 1. The molecule has 7 heteroatoms. The van der Waals surface area contributed by atoms with Gasteiger partial charge in [-0.2, -0.15) is 5.10 Å². The van der Waals surface area contributed by atoms with E-state index in [-0.39, 0.29) is 11.6 Å². The van der Waals surface area contributed by atoms with Gasteiger partial charge in [0.05, 0.1) is 5.69 Å². The van der Waals surface area contributed by atoms with E-state index in [2.05, 4.69) is 15.5 Å². The number of nitrogens with zero attached hydrogens (tertiary/aromatic N) is 1. The summed E-state index contributed by atoms with van der Waals surface area (Å²) in [4.78, 5) is 33.8. The Bertz CT molecular complexity index is 736. The fourth-order valence-corrected chi connectivity index (χ4v) is 1.68. The Morgan fingerprint density at radius 2 is 2.05 bits per heavy atom. The minimum Gasteiger partial charge on any atom is -0.477 e. The normalized spacial score (nSPS) is 10.1. The number of carboxylic acids is 1. The summed E-state index contributed by atoms with van der Waals surface area (Å²) in [5.74, 6) is -1.60. The molecule has 0 unspecified atom stereocenters. The van der Waals surface area contributed by atoms with Crippen LogP contribution in [0.1, 0.15) is 20.7 Å². The van der Waals surface area contributed by atoms with Crippen LogP contribution in [0.15, 0.2) is 35.1 Å². The van der Waals surface area contributed by atoms with E-state index in [1.165, 1.54) is 13.1 Å². The van der Waals surface area contributed by atoms with Gasteiger partial charge in [0.1, 0.15) is 5.56 Å². The standard InChI is InChI=1S/C13H11N3O4/c1-14-11(17)8-4-2-3-7(5-8)10-6-9(13(19)20)12(18)16-15-10/h2-6H,1H3,(H,14,17)(H,16,18)(H,19,20). The summed E-state index contributed by atoms with van der Waals surface area (Å²) in [6.45, 7) is 0. The monoisotopic (exact) mass is 273 g/mol. The van der Waals surface area contributed by atoms with Gasteiger partial charge in [0.15, 0.2) is 0 Å². The van der Waals surface area contributed by atoms with Crippen molar-refractivity contribution in [3.8, 4) is 11.3 Å². The molecular weight excluding hydrogens is 262 g/mol. The molecule has 0 atom stereocenters. The van der Waals surface area contributed by atoms with Crippen molar-refractivity contribution in [3.63, 3.8) is 0 Å². The van der Waals surface area contributed by atoms with Crippen LogP contribution in [0.5, 0.6) is 0 Å². The number of carbonyl (C=O) groups is 2. The molecule has 1 heterocycles. The summed E-state index contributed by atoms with van der Waals surface area (Å²) in [6.07, 6.45) is 0. The average Bonchev–Trinajstić information content (AvgIpc) is 2.46. The van der Waals surface area contributed by atoms with Crippen molar-refractivity contribution in [2.75, 3.05) is 7.05 Å². The zero-order valence-corrected chi connectivity index (χ0v) is 10.5. The molecule has 1 aromatic carbocycles. The summed E-state index contributed by atoms with van der Waals surface area (Å²) in [7, 11) is 1.51. The number of aromatic carboxylic acids is 1. The van der Waals surface area contributed by atoms with Gasteiger partial charge in [-0.05, 0) is 18.2 Å². The van der Waals surface area contributed by atoms with Crippen LogP contribution in [-0.2, 0) is 0 Å². The highest BCUT2D eigenvalue weighted by Crippen LogP contribution is 2.17. The third kappa shape index (κ3) is 2.56. The molecule has 0 radical (unpaired) electrons. The van der Waals surface area contributed by atoms with Gasteiger partial charge in [-0.25, -0.2) is 9.89 Å². The van der Waals surface area contributed by atoms with E-state index in [9.17, 15) is 14.4 Å². The molecule has 0 aliphatic rings. The Kier molecular flexibility index (Phi) is 3.60. The summed E-state index contributed by atoms with van der Waals surface area (Å²) in [5.41, 5.74) is 0.0385. The molecule has 7 nitrogen and oxygen atoms in total. The molecule has 0 fully saturated rings. The number of hydrogen-bond donors (Lipinski definition) is 3. The fraction of sp³-hybridized carbons (Fsp3) is 0.0769. The highest BCUT2D eigenvalue weighted by Gasteiger charge is 2.12. The van der Waals surface area contributed by atoms with Gasteiger partial charge in [0.25, 0.3) is 11.5 Å².